The first kappa shape index (κ1) is 30.2. The minimum absolute atomic E-state index is 0.00456. The summed E-state index contributed by atoms with van der Waals surface area (Å²) in [6.45, 7) is 2.41. The smallest absolute Gasteiger partial charge is 0.0811 e. The first-order chi connectivity index (χ1) is 26.2. The predicted octanol–water partition coefficient (Wildman–Crippen LogP) is 10.6. The molecule has 1 aromatic heterocycles. The van der Waals surface area contributed by atoms with Gasteiger partial charge in [-0.25, -0.2) is 0 Å². The second-order valence-electron chi connectivity index (χ2n) is 14.7. The van der Waals surface area contributed by atoms with Crippen molar-refractivity contribution < 1.29 is 0 Å². The summed E-state index contributed by atoms with van der Waals surface area (Å²) in [5, 5.41) is 9.03. The van der Waals surface area contributed by atoms with Crippen molar-refractivity contribution in [3.8, 4) is 0 Å². The lowest BCUT2D eigenvalue weighted by molar-refractivity contribution is 0.661. The molecule has 0 bridgehead atoms. The molecule has 0 N–H and O–H groups in total. The van der Waals surface area contributed by atoms with Gasteiger partial charge in [0.15, 0.2) is 0 Å². The van der Waals surface area contributed by atoms with E-state index in [1.54, 1.807) is 0 Å². The summed E-state index contributed by atoms with van der Waals surface area (Å²) in [6, 6.07) is 59.9. The molecule has 0 spiro atoms. The molecule has 3 nitrogen and oxygen atoms in total. The maximum atomic E-state index is 5.40. The van der Waals surface area contributed by atoms with Crippen molar-refractivity contribution in [3.63, 3.8) is 0 Å². The van der Waals surface area contributed by atoms with Gasteiger partial charge in [-0.15, -0.1) is 0 Å². The largest absolute Gasteiger partial charge is 0.332 e. The number of aromatic nitrogens is 1. The molecule has 0 saturated heterocycles. The van der Waals surface area contributed by atoms with Crippen molar-refractivity contribution >= 4 is 66.9 Å². The van der Waals surface area contributed by atoms with E-state index in [-0.39, 0.29) is 18.0 Å². The van der Waals surface area contributed by atoms with E-state index in [1.807, 2.05) is 0 Å². The lowest BCUT2D eigenvalue weighted by Gasteiger charge is -2.34. The van der Waals surface area contributed by atoms with Crippen LogP contribution in [0.5, 0.6) is 0 Å². The fourth-order valence-electron chi connectivity index (χ4n) is 9.43. The SMILES string of the molecule is CC1C=c2c(n(C3=CC(c4ccccc4)=NC(c4ccccc4)C3)c3ccccc23)=C2c3ccccc3N(c3c4ccccc4cc4ccccc34)C21. The van der Waals surface area contributed by atoms with E-state index in [0.29, 0.717) is 0 Å². The van der Waals surface area contributed by atoms with Gasteiger partial charge in [0.05, 0.1) is 34.3 Å². The molecule has 3 unspecified atom stereocenters. The van der Waals surface area contributed by atoms with Crippen molar-refractivity contribution in [3.05, 3.63) is 197 Å². The number of fused-ring (bicyclic) bond motifs is 8. The Bertz CT molecular complexity index is 2900. The van der Waals surface area contributed by atoms with Gasteiger partial charge in [0, 0.05) is 56.2 Å². The molecule has 2 aliphatic heterocycles. The van der Waals surface area contributed by atoms with Gasteiger partial charge in [0.1, 0.15) is 0 Å². The highest BCUT2D eigenvalue weighted by atomic mass is 15.2. The summed E-state index contributed by atoms with van der Waals surface area (Å²) in [5.74, 6) is 0.251. The fraction of sp³-hybridized carbons (Fsp3) is 0.100. The number of rotatable bonds is 4. The normalized spacial score (nSPS) is 19.1. The first-order valence-electron chi connectivity index (χ1n) is 18.8. The van der Waals surface area contributed by atoms with Crippen LogP contribution >= 0.6 is 0 Å². The van der Waals surface area contributed by atoms with Crippen LogP contribution in [-0.4, -0.2) is 16.3 Å². The molecular formula is C50H37N3. The van der Waals surface area contributed by atoms with Crippen molar-refractivity contribution in [1.82, 2.24) is 4.57 Å². The van der Waals surface area contributed by atoms with E-state index in [2.05, 4.69) is 192 Å². The van der Waals surface area contributed by atoms with Crippen LogP contribution in [0.1, 0.15) is 36.1 Å². The topological polar surface area (TPSA) is 20.5 Å². The summed E-state index contributed by atoms with van der Waals surface area (Å²) < 4.78 is 2.60. The average Bonchev–Trinajstić information content (AvgIpc) is 3.74. The molecule has 3 atom stereocenters. The maximum Gasteiger partial charge on any atom is 0.0811 e. The zero-order valence-electron chi connectivity index (χ0n) is 29.5. The Hall–Kier alpha value is -6.45. The molecule has 8 aromatic rings. The van der Waals surface area contributed by atoms with Gasteiger partial charge >= 0.3 is 0 Å². The van der Waals surface area contributed by atoms with E-state index >= 15 is 0 Å². The summed E-state index contributed by atoms with van der Waals surface area (Å²) >= 11 is 0. The molecule has 1 aliphatic carbocycles. The molecule has 0 radical (unpaired) electrons. The van der Waals surface area contributed by atoms with Gasteiger partial charge in [-0.3, -0.25) is 4.99 Å². The van der Waals surface area contributed by atoms with Crippen LogP contribution in [0.2, 0.25) is 0 Å². The van der Waals surface area contributed by atoms with Crippen molar-refractivity contribution in [2.75, 3.05) is 4.90 Å². The molecular weight excluding hydrogens is 643 g/mol. The number of hydrogen-bond donors (Lipinski definition) is 0. The molecule has 252 valence electrons. The molecule has 0 fully saturated rings. The van der Waals surface area contributed by atoms with E-state index in [9.17, 15) is 0 Å². The highest BCUT2D eigenvalue weighted by Gasteiger charge is 2.42. The van der Waals surface area contributed by atoms with Crippen molar-refractivity contribution in [2.24, 2.45) is 10.9 Å². The highest BCUT2D eigenvalue weighted by Crippen LogP contribution is 2.51. The van der Waals surface area contributed by atoms with Crippen molar-refractivity contribution in [2.45, 2.75) is 25.4 Å². The predicted molar refractivity (Wildman–Crippen MR) is 222 cm³/mol. The quantitative estimate of drug-likeness (QED) is 0.170. The Morgan fingerprint density at radius 3 is 2.00 bits per heavy atom. The number of hydrogen-bond acceptors (Lipinski definition) is 2. The number of aliphatic imine (C=N–C) groups is 1. The van der Waals surface area contributed by atoms with Crippen LogP contribution in [-0.2, 0) is 0 Å². The van der Waals surface area contributed by atoms with Gasteiger partial charge < -0.3 is 9.47 Å². The molecule has 53 heavy (non-hydrogen) atoms. The van der Waals surface area contributed by atoms with Gasteiger partial charge in [-0.1, -0.05) is 159 Å². The zero-order valence-corrected chi connectivity index (χ0v) is 29.5. The van der Waals surface area contributed by atoms with Crippen molar-refractivity contribution in [1.29, 1.82) is 0 Å². The number of benzene rings is 7. The third-order valence-electron chi connectivity index (χ3n) is 11.6. The number of anilines is 2. The Kier molecular flexibility index (Phi) is 6.72. The van der Waals surface area contributed by atoms with Gasteiger partial charge in [-0.05, 0) is 46.2 Å². The van der Waals surface area contributed by atoms with E-state index in [0.717, 1.165) is 17.7 Å². The lowest BCUT2D eigenvalue weighted by atomic mass is 9.86. The minimum atomic E-state index is 0.00456. The van der Waals surface area contributed by atoms with Crippen LogP contribution in [0.3, 0.4) is 0 Å². The molecule has 3 heteroatoms. The Labute approximate surface area is 308 Å². The van der Waals surface area contributed by atoms with Crippen LogP contribution in [0.4, 0.5) is 11.4 Å². The second-order valence-corrected chi connectivity index (χ2v) is 14.7. The lowest BCUT2D eigenvalue weighted by Crippen LogP contribution is -2.44. The van der Waals surface area contributed by atoms with E-state index < -0.39 is 0 Å². The van der Waals surface area contributed by atoms with Crippen LogP contribution in [0.25, 0.3) is 49.8 Å². The Balaban J connectivity index is 1.24. The third kappa shape index (κ3) is 4.57. The molecule has 11 rings (SSSR count). The summed E-state index contributed by atoms with van der Waals surface area (Å²) in [6.07, 6.45) is 5.71. The van der Waals surface area contributed by atoms with Crippen LogP contribution in [0.15, 0.2) is 175 Å². The maximum absolute atomic E-state index is 5.40. The highest BCUT2D eigenvalue weighted by molar-refractivity contribution is 6.15. The molecule has 3 heterocycles. The Morgan fingerprint density at radius 1 is 0.623 bits per heavy atom. The fourth-order valence-corrected chi connectivity index (χ4v) is 9.43. The zero-order chi connectivity index (χ0) is 35.0. The molecule has 7 aromatic carbocycles. The van der Waals surface area contributed by atoms with E-state index in [1.165, 1.54) is 76.8 Å². The molecule has 3 aliphatic rings. The minimum Gasteiger partial charge on any atom is -0.332 e. The number of nitrogens with zero attached hydrogens (tertiary/aromatic N) is 3. The average molecular weight is 680 g/mol. The van der Waals surface area contributed by atoms with Gasteiger partial charge in [0.25, 0.3) is 0 Å². The molecule has 0 amide bonds. The summed E-state index contributed by atoms with van der Waals surface area (Å²) in [4.78, 5) is 8.08. The number of para-hydroxylation sites is 2. The summed E-state index contributed by atoms with van der Waals surface area (Å²) in [7, 11) is 0. The number of allylic oxidation sites excluding steroid dienone is 1. The monoisotopic (exact) mass is 679 g/mol. The Morgan fingerprint density at radius 2 is 1.25 bits per heavy atom. The number of dihydropyridines is 1. The second kappa shape index (κ2) is 11.8. The molecule has 0 saturated carbocycles. The van der Waals surface area contributed by atoms with Crippen LogP contribution in [0, 0.1) is 5.92 Å². The first-order valence-corrected chi connectivity index (χ1v) is 18.8. The van der Waals surface area contributed by atoms with Gasteiger partial charge in [0.2, 0.25) is 0 Å². The third-order valence-corrected chi connectivity index (χ3v) is 11.6. The van der Waals surface area contributed by atoms with E-state index in [4.69, 9.17) is 4.99 Å². The standard InChI is InChI=1S/C50H37N3/c1-32-28-42-40-24-12-14-26-45(40)52(37-30-43(33-16-4-2-5-17-33)51-44(31-37)34-18-6-3-7-19-34)50(42)47-41-25-13-15-27-46(41)53(48(32)47)49-38-22-10-8-20-35(38)29-36-21-9-11-23-39(36)49/h2-30,32,44,48H,31H2,1H3. The van der Waals surface area contributed by atoms with Crippen LogP contribution < -0.4 is 15.5 Å². The van der Waals surface area contributed by atoms with Gasteiger partial charge in [-0.2, -0.15) is 0 Å². The summed E-state index contributed by atoms with van der Waals surface area (Å²) in [5.41, 5.74) is 11.2.